The molecular formula is C15H20F4N4O2. The standard InChI is InChI=1S/C15H20F4N4O2/c16-14(17)15(18,19)10-25-12-2-1-11(9-22-12)13(24)21-5-8-23-6-3-20-4-7-23/h1-2,9,14,20H,3-8,10H2,(H,21,24). The quantitative estimate of drug-likeness (QED) is 0.674. The summed E-state index contributed by atoms with van der Waals surface area (Å²) in [6.45, 7) is 3.41. The number of ether oxygens (including phenoxy) is 1. The van der Waals surface area contributed by atoms with Crippen LogP contribution in [-0.4, -0.2) is 74.0 Å². The predicted molar refractivity (Wildman–Crippen MR) is 82.3 cm³/mol. The summed E-state index contributed by atoms with van der Waals surface area (Å²) in [6, 6.07) is 2.52. The van der Waals surface area contributed by atoms with E-state index in [1.165, 1.54) is 12.1 Å². The highest BCUT2D eigenvalue weighted by Crippen LogP contribution is 2.23. The van der Waals surface area contributed by atoms with Crippen LogP contribution in [0, 0.1) is 0 Å². The van der Waals surface area contributed by atoms with Crippen molar-refractivity contribution in [3.63, 3.8) is 0 Å². The first kappa shape index (κ1) is 19.4. The molecular weight excluding hydrogens is 344 g/mol. The zero-order valence-electron chi connectivity index (χ0n) is 13.5. The van der Waals surface area contributed by atoms with Gasteiger partial charge < -0.3 is 15.4 Å². The molecule has 1 aliphatic heterocycles. The monoisotopic (exact) mass is 364 g/mol. The van der Waals surface area contributed by atoms with Gasteiger partial charge in [0.2, 0.25) is 5.88 Å². The topological polar surface area (TPSA) is 66.5 Å². The molecule has 0 spiro atoms. The number of pyridine rings is 1. The molecule has 10 heteroatoms. The third-order valence-electron chi connectivity index (χ3n) is 3.65. The lowest BCUT2D eigenvalue weighted by Gasteiger charge is -2.27. The zero-order valence-corrected chi connectivity index (χ0v) is 13.5. The number of carbonyl (C=O) groups excluding carboxylic acids is 1. The van der Waals surface area contributed by atoms with Crippen molar-refractivity contribution in [1.29, 1.82) is 0 Å². The van der Waals surface area contributed by atoms with Gasteiger partial charge in [-0.15, -0.1) is 0 Å². The summed E-state index contributed by atoms with van der Waals surface area (Å²) in [5.74, 6) is -4.85. The maximum atomic E-state index is 12.8. The molecule has 0 radical (unpaired) electrons. The van der Waals surface area contributed by atoms with Crippen LogP contribution in [0.3, 0.4) is 0 Å². The minimum absolute atomic E-state index is 0.230. The lowest BCUT2D eigenvalue weighted by Crippen LogP contribution is -2.46. The lowest BCUT2D eigenvalue weighted by atomic mass is 10.2. The highest BCUT2D eigenvalue weighted by molar-refractivity contribution is 5.93. The molecule has 1 saturated heterocycles. The van der Waals surface area contributed by atoms with Gasteiger partial charge in [-0.05, 0) is 6.07 Å². The highest BCUT2D eigenvalue weighted by Gasteiger charge is 2.41. The number of rotatable bonds is 8. The van der Waals surface area contributed by atoms with E-state index < -0.39 is 19.0 Å². The molecule has 0 unspecified atom stereocenters. The summed E-state index contributed by atoms with van der Waals surface area (Å²) < 4.78 is 54.1. The van der Waals surface area contributed by atoms with Crippen molar-refractivity contribution in [3.05, 3.63) is 23.9 Å². The van der Waals surface area contributed by atoms with Crippen LogP contribution in [0.2, 0.25) is 0 Å². The second kappa shape index (κ2) is 8.95. The smallest absolute Gasteiger partial charge is 0.340 e. The Balaban J connectivity index is 1.75. The van der Waals surface area contributed by atoms with Gasteiger partial charge in [-0.2, -0.15) is 8.78 Å². The number of halogens is 4. The fourth-order valence-electron chi connectivity index (χ4n) is 2.20. The lowest BCUT2D eigenvalue weighted by molar-refractivity contribution is -0.148. The van der Waals surface area contributed by atoms with Gasteiger partial charge in [0.1, 0.15) is 0 Å². The molecule has 1 aromatic heterocycles. The molecule has 0 atom stereocenters. The van der Waals surface area contributed by atoms with Crippen LogP contribution >= 0.6 is 0 Å². The van der Waals surface area contributed by atoms with Gasteiger partial charge in [-0.25, -0.2) is 13.8 Å². The number of alkyl halides is 4. The number of hydrogen-bond donors (Lipinski definition) is 2. The number of piperazine rings is 1. The normalized spacial score (nSPS) is 16.0. The maximum Gasteiger partial charge on any atom is 0.340 e. The number of nitrogens with zero attached hydrogens (tertiary/aromatic N) is 2. The van der Waals surface area contributed by atoms with E-state index in [2.05, 4.69) is 25.3 Å². The van der Waals surface area contributed by atoms with Crippen LogP contribution in [0.15, 0.2) is 18.3 Å². The molecule has 2 rings (SSSR count). The molecule has 1 aromatic rings. The van der Waals surface area contributed by atoms with Crippen LogP contribution < -0.4 is 15.4 Å². The third-order valence-corrected chi connectivity index (χ3v) is 3.65. The number of aromatic nitrogens is 1. The molecule has 1 fully saturated rings. The van der Waals surface area contributed by atoms with E-state index in [4.69, 9.17) is 0 Å². The van der Waals surface area contributed by atoms with Crippen molar-refractivity contribution in [2.75, 3.05) is 45.9 Å². The summed E-state index contributed by atoms with van der Waals surface area (Å²) in [6.07, 6.45) is -2.66. The third kappa shape index (κ3) is 6.13. The maximum absolute atomic E-state index is 12.8. The largest absolute Gasteiger partial charge is 0.471 e. The van der Waals surface area contributed by atoms with E-state index in [0.717, 1.165) is 38.9 Å². The highest BCUT2D eigenvalue weighted by atomic mass is 19.3. The van der Waals surface area contributed by atoms with Gasteiger partial charge in [-0.3, -0.25) is 9.69 Å². The predicted octanol–water partition coefficient (Wildman–Crippen LogP) is 0.996. The van der Waals surface area contributed by atoms with Crippen molar-refractivity contribution in [2.24, 2.45) is 0 Å². The number of nitrogens with one attached hydrogen (secondary N) is 2. The number of hydrogen-bond acceptors (Lipinski definition) is 5. The first-order valence-corrected chi connectivity index (χ1v) is 7.84. The molecule has 1 aliphatic rings. The van der Waals surface area contributed by atoms with Crippen LogP contribution in [0.5, 0.6) is 5.88 Å². The molecule has 2 heterocycles. The van der Waals surface area contributed by atoms with E-state index in [0.29, 0.717) is 6.54 Å². The fraction of sp³-hybridized carbons (Fsp3) is 0.600. The van der Waals surface area contributed by atoms with Crippen LogP contribution in [0.4, 0.5) is 17.6 Å². The average Bonchev–Trinajstić information content (AvgIpc) is 2.61. The molecule has 0 bridgehead atoms. The molecule has 0 aromatic carbocycles. The van der Waals surface area contributed by atoms with Gasteiger partial charge in [0, 0.05) is 51.5 Å². The summed E-state index contributed by atoms with van der Waals surface area (Å²) in [4.78, 5) is 17.9. The van der Waals surface area contributed by atoms with E-state index in [1.54, 1.807) is 0 Å². The Hall–Kier alpha value is -1.94. The Morgan fingerprint density at radius 1 is 1.36 bits per heavy atom. The van der Waals surface area contributed by atoms with Crippen LogP contribution in [0.1, 0.15) is 10.4 Å². The summed E-state index contributed by atoms with van der Waals surface area (Å²) >= 11 is 0. The van der Waals surface area contributed by atoms with Crippen molar-refractivity contribution >= 4 is 5.91 Å². The van der Waals surface area contributed by atoms with Gasteiger partial charge in [0.25, 0.3) is 5.91 Å². The summed E-state index contributed by atoms with van der Waals surface area (Å²) in [7, 11) is 0. The van der Waals surface area contributed by atoms with Gasteiger partial charge in [0.05, 0.1) is 5.56 Å². The van der Waals surface area contributed by atoms with Crippen LogP contribution in [0.25, 0.3) is 0 Å². The fourth-order valence-corrected chi connectivity index (χ4v) is 2.20. The zero-order chi connectivity index (χ0) is 18.3. The van der Waals surface area contributed by atoms with Crippen molar-refractivity contribution in [1.82, 2.24) is 20.5 Å². The van der Waals surface area contributed by atoms with Crippen molar-refractivity contribution in [3.8, 4) is 5.88 Å². The molecule has 6 nitrogen and oxygen atoms in total. The first-order chi connectivity index (χ1) is 11.9. The Kier molecular flexibility index (Phi) is 6.94. The van der Waals surface area contributed by atoms with E-state index >= 15 is 0 Å². The summed E-state index contributed by atoms with van der Waals surface area (Å²) in [5, 5.41) is 5.97. The van der Waals surface area contributed by atoms with Crippen molar-refractivity contribution in [2.45, 2.75) is 12.3 Å². The molecule has 25 heavy (non-hydrogen) atoms. The number of amides is 1. The Morgan fingerprint density at radius 2 is 2.08 bits per heavy atom. The minimum Gasteiger partial charge on any atom is -0.471 e. The molecule has 140 valence electrons. The second-order valence-electron chi connectivity index (χ2n) is 5.58. The minimum atomic E-state index is -4.25. The Labute approximate surface area is 142 Å². The number of carbonyl (C=O) groups is 1. The molecule has 2 N–H and O–H groups in total. The Bertz CT molecular complexity index is 551. The van der Waals surface area contributed by atoms with E-state index in [-0.39, 0.29) is 17.4 Å². The van der Waals surface area contributed by atoms with E-state index in [1.807, 2.05) is 0 Å². The first-order valence-electron chi connectivity index (χ1n) is 7.84. The van der Waals surface area contributed by atoms with Gasteiger partial charge in [-0.1, -0.05) is 0 Å². The Morgan fingerprint density at radius 3 is 2.68 bits per heavy atom. The molecule has 0 aliphatic carbocycles. The van der Waals surface area contributed by atoms with Crippen LogP contribution in [-0.2, 0) is 0 Å². The van der Waals surface area contributed by atoms with Crippen molar-refractivity contribution < 1.29 is 27.1 Å². The van der Waals surface area contributed by atoms with Gasteiger partial charge in [0.15, 0.2) is 6.61 Å². The SMILES string of the molecule is O=C(NCCN1CCNCC1)c1ccc(OCC(F)(F)C(F)F)nc1. The molecule has 0 saturated carbocycles. The summed E-state index contributed by atoms with van der Waals surface area (Å²) in [5.41, 5.74) is 0.230. The van der Waals surface area contributed by atoms with Gasteiger partial charge >= 0.3 is 12.3 Å². The average molecular weight is 364 g/mol. The van der Waals surface area contributed by atoms with E-state index in [9.17, 15) is 22.4 Å². The second-order valence-corrected chi connectivity index (χ2v) is 5.58. The molecule has 1 amide bonds.